The molecule has 8 heteroatoms. The lowest BCUT2D eigenvalue weighted by Crippen LogP contribution is -2.50. The van der Waals surface area contributed by atoms with E-state index in [1.807, 2.05) is 6.07 Å². The van der Waals surface area contributed by atoms with Crippen molar-refractivity contribution < 1.29 is 14.3 Å². The standard InChI is InChI=1S/C21H25N5O3/c1-2-29-21(28)25-13-11-24(12-14-25)19(27)18-7-9-22-20(23-18)26-10-8-16-5-3-4-6-17(16)15-26/h3-7,9H,2,8,10-15H2,1H3. The van der Waals surface area contributed by atoms with Crippen LogP contribution in [0.4, 0.5) is 10.7 Å². The fourth-order valence-corrected chi connectivity index (χ4v) is 3.76. The number of rotatable bonds is 3. The van der Waals surface area contributed by atoms with E-state index in [0.717, 1.165) is 19.5 Å². The maximum atomic E-state index is 12.9. The molecule has 3 heterocycles. The molecule has 2 amide bonds. The molecule has 0 bridgehead atoms. The summed E-state index contributed by atoms with van der Waals surface area (Å²) in [4.78, 5) is 39.2. The molecule has 2 aliphatic heterocycles. The summed E-state index contributed by atoms with van der Waals surface area (Å²) in [6, 6.07) is 10.0. The summed E-state index contributed by atoms with van der Waals surface area (Å²) >= 11 is 0. The second-order valence-electron chi connectivity index (χ2n) is 7.16. The second-order valence-corrected chi connectivity index (χ2v) is 7.16. The highest BCUT2D eigenvalue weighted by Gasteiger charge is 2.27. The van der Waals surface area contributed by atoms with Gasteiger partial charge in [0.25, 0.3) is 5.91 Å². The molecule has 1 fully saturated rings. The van der Waals surface area contributed by atoms with Crippen LogP contribution in [0.2, 0.25) is 0 Å². The number of nitrogens with zero attached hydrogens (tertiary/aromatic N) is 5. The summed E-state index contributed by atoms with van der Waals surface area (Å²) in [5.74, 6) is 0.449. The van der Waals surface area contributed by atoms with E-state index in [2.05, 4.69) is 33.1 Å². The van der Waals surface area contributed by atoms with Gasteiger partial charge in [-0.25, -0.2) is 14.8 Å². The Morgan fingerprint density at radius 2 is 1.72 bits per heavy atom. The van der Waals surface area contributed by atoms with Crippen LogP contribution in [0.5, 0.6) is 0 Å². The van der Waals surface area contributed by atoms with Crippen LogP contribution in [0, 0.1) is 0 Å². The van der Waals surface area contributed by atoms with Gasteiger partial charge in [-0.15, -0.1) is 0 Å². The van der Waals surface area contributed by atoms with Crippen LogP contribution in [-0.4, -0.2) is 71.1 Å². The van der Waals surface area contributed by atoms with E-state index < -0.39 is 0 Å². The Balaban J connectivity index is 1.42. The lowest BCUT2D eigenvalue weighted by Gasteiger charge is -2.34. The topological polar surface area (TPSA) is 78.9 Å². The Hall–Kier alpha value is -3.16. The molecule has 0 saturated carbocycles. The zero-order chi connectivity index (χ0) is 20.2. The van der Waals surface area contributed by atoms with E-state index in [0.29, 0.717) is 44.4 Å². The predicted octanol–water partition coefficient (Wildman–Crippen LogP) is 1.95. The molecule has 152 valence electrons. The number of hydrogen-bond acceptors (Lipinski definition) is 6. The quantitative estimate of drug-likeness (QED) is 0.791. The number of piperazine rings is 1. The molecule has 0 atom stereocenters. The molecule has 1 aromatic carbocycles. The smallest absolute Gasteiger partial charge is 0.409 e. The first-order chi connectivity index (χ1) is 14.2. The highest BCUT2D eigenvalue weighted by molar-refractivity contribution is 5.92. The molecule has 1 saturated heterocycles. The van der Waals surface area contributed by atoms with Gasteiger partial charge in [0.15, 0.2) is 0 Å². The molecular formula is C21H25N5O3. The molecule has 2 aliphatic rings. The van der Waals surface area contributed by atoms with Gasteiger partial charge in [-0.1, -0.05) is 24.3 Å². The van der Waals surface area contributed by atoms with E-state index >= 15 is 0 Å². The van der Waals surface area contributed by atoms with Crippen LogP contribution in [0.25, 0.3) is 0 Å². The molecule has 0 aliphatic carbocycles. The van der Waals surface area contributed by atoms with Crippen LogP contribution in [0.1, 0.15) is 28.5 Å². The van der Waals surface area contributed by atoms with Crippen molar-refractivity contribution in [1.82, 2.24) is 19.8 Å². The zero-order valence-electron chi connectivity index (χ0n) is 16.6. The maximum Gasteiger partial charge on any atom is 0.409 e. The van der Waals surface area contributed by atoms with Crippen molar-refractivity contribution in [3.63, 3.8) is 0 Å². The van der Waals surface area contributed by atoms with E-state index in [-0.39, 0.29) is 12.0 Å². The third-order valence-electron chi connectivity index (χ3n) is 5.37. The fourth-order valence-electron chi connectivity index (χ4n) is 3.76. The highest BCUT2D eigenvalue weighted by Crippen LogP contribution is 2.22. The number of hydrogen-bond donors (Lipinski definition) is 0. The molecular weight excluding hydrogens is 370 g/mol. The number of aromatic nitrogens is 2. The normalized spacial score (nSPS) is 16.4. The van der Waals surface area contributed by atoms with Crippen LogP contribution in [0.15, 0.2) is 36.5 Å². The van der Waals surface area contributed by atoms with Crippen LogP contribution in [-0.2, 0) is 17.7 Å². The average Bonchev–Trinajstić information content (AvgIpc) is 2.78. The summed E-state index contributed by atoms with van der Waals surface area (Å²) in [6.07, 6.45) is 2.26. The predicted molar refractivity (Wildman–Crippen MR) is 108 cm³/mol. The number of anilines is 1. The van der Waals surface area contributed by atoms with Gasteiger partial charge in [0.2, 0.25) is 5.95 Å². The first kappa shape index (κ1) is 19.2. The van der Waals surface area contributed by atoms with E-state index in [4.69, 9.17) is 4.74 Å². The van der Waals surface area contributed by atoms with Gasteiger partial charge in [0.05, 0.1) is 6.61 Å². The molecule has 0 unspecified atom stereocenters. The third kappa shape index (κ3) is 4.16. The summed E-state index contributed by atoms with van der Waals surface area (Å²) in [7, 11) is 0. The molecule has 0 N–H and O–H groups in total. The lowest BCUT2D eigenvalue weighted by molar-refractivity contribution is 0.0566. The molecule has 8 nitrogen and oxygen atoms in total. The summed E-state index contributed by atoms with van der Waals surface area (Å²) in [5.41, 5.74) is 3.02. The highest BCUT2D eigenvalue weighted by atomic mass is 16.6. The average molecular weight is 395 g/mol. The summed E-state index contributed by atoms with van der Waals surface area (Å²) in [5, 5.41) is 0. The minimum absolute atomic E-state index is 0.130. The molecule has 0 spiro atoms. The van der Waals surface area contributed by atoms with Crippen molar-refractivity contribution in [1.29, 1.82) is 0 Å². The molecule has 4 rings (SSSR count). The van der Waals surface area contributed by atoms with Gasteiger partial charge in [0.1, 0.15) is 5.69 Å². The Bertz CT molecular complexity index is 895. The number of benzene rings is 1. The lowest BCUT2D eigenvalue weighted by atomic mass is 10.0. The molecule has 29 heavy (non-hydrogen) atoms. The third-order valence-corrected chi connectivity index (χ3v) is 5.37. The SMILES string of the molecule is CCOC(=O)N1CCN(C(=O)c2ccnc(N3CCc4ccccc4C3)n2)CC1. The minimum atomic E-state index is -0.325. The molecule has 2 aromatic rings. The van der Waals surface area contributed by atoms with Gasteiger partial charge >= 0.3 is 6.09 Å². The number of carbonyl (C=O) groups excluding carboxylic acids is 2. The largest absolute Gasteiger partial charge is 0.450 e. The number of amides is 2. The van der Waals surface area contributed by atoms with Crippen LogP contribution < -0.4 is 4.90 Å². The van der Waals surface area contributed by atoms with Crippen molar-refractivity contribution in [2.75, 3.05) is 44.2 Å². The van der Waals surface area contributed by atoms with E-state index in [1.54, 1.807) is 29.0 Å². The van der Waals surface area contributed by atoms with Crippen LogP contribution >= 0.6 is 0 Å². The first-order valence-corrected chi connectivity index (χ1v) is 10.0. The summed E-state index contributed by atoms with van der Waals surface area (Å²) in [6.45, 7) is 5.56. The second kappa shape index (κ2) is 8.46. The molecule has 1 aromatic heterocycles. The van der Waals surface area contributed by atoms with Crippen molar-refractivity contribution >= 4 is 17.9 Å². The Morgan fingerprint density at radius 3 is 2.48 bits per heavy atom. The minimum Gasteiger partial charge on any atom is -0.450 e. The van der Waals surface area contributed by atoms with Gasteiger partial charge in [-0.2, -0.15) is 0 Å². The van der Waals surface area contributed by atoms with Crippen LogP contribution in [0.3, 0.4) is 0 Å². The number of fused-ring (bicyclic) bond motifs is 1. The Labute approximate surface area is 170 Å². The Kier molecular flexibility index (Phi) is 5.59. The van der Waals surface area contributed by atoms with Crippen molar-refractivity contribution in [2.24, 2.45) is 0 Å². The van der Waals surface area contributed by atoms with Crippen molar-refractivity contribution in [2.45, 2.75) is 19.9 Å². The van der Waals surface area contributed by atoms with Gasteiger partial charge in [0, 0.05) is 45.5 Å². The van der Waals surface area contributed by atoms with E-state index in [1.165, 1.54) is 11.1 Å². The maximum absolute atomic E-state index is 12.9. The fraction of sp³-hybridized carbons (Fsp3) is 0.429. The summed E-state index contributed by atoms with van der Waals surface area (Å²) < 4.78 is 5.03. The monoisotopic (exact) mass is 395 g/mol. The zero-order valence-corrected chi connectivity index (χ0v) is 16.6. The van der Waals surface area contributed by atoms with E-state index in [9.17, 15) is 9.59 Å². The number of carbonyl (C=O) groups is 2. The van der Waals surface area contributed by atoms with Gasteiger partial charge in [-0.05, 0) is 30.5 Å². The van der Waals surface area contributed by atoms with Crippen molar-refractivity contribution in [3.8, 4) is 0 Å². The van der Waals surface area contributed by atoms with Gasteiger partial charge in [-0.3, -0.25) is 4.79 Å². The number of ether oxygens (including phenoxy) is 1. The van der Waals surface area contributed by atoms with Gasteiger partial charge < -0.3 is 19.4 Å². The Morgan fingerprint density at radius 1 is 1.00 bits per heavy atom. The molecule has 0 radical (unpaired) electrons. The first-order valence-electron chi connectivity index (χ1n) is 10.0. The van der Waals surface area contributed by atoms with Crippen molar-refractivity contribution in [3.05, 3.63) is 53.3 Å².